The molecule has 2 N–H and O–H groups in total. The number of piperidine rings is 1. The zero-order chi connectivity index (χ0) is 14.8. The van der Waals surface area contributed by atoms with Gasteiger partial charge in [-0.05, 0) is 37.6 Å². The van der Waals surface area contributed by atoms with Gasteiger partial charge in [-0.15, -0.1) is 0 Å². The molecule has 1 aliphatic rings. The Kier molecular flexibility index (Phi) is 8.69. The Bertz CT molecular complexity index is 237. The van der Waals surface area contributed by atoms with Gasteiger partial charge < -0.3 is 20.1 Å². The number of nitrogens with one attached hydrogen (secondary N) is 1. The van der Waals surface area contributed by atoms with Crippen LogP contribution >= 0.6 is 0 Å². The second kappa shape index (κ2) is 9.72. The van der Waals surface area contributed by atoms with Crippen LogP contribution in [0, 0.1) is 5.41 Å². The lowest BCUT2D eigenvalue weighted by atomic mass is 9.81. The highest BCUT2D eigenvalue weighted by molar-refractivity contribution is 4.85. The lowest BCUT2D eigenvalue weighted by Gasteiger charge is -2.40. The predicted molar refractivity (Wildman–Crippen MR) is 84.1 cm³/mol. The van der Waals surface area contributed by atoms with Crippen molar-refractivity contribution in [3.8, 4) is 0 Å². The fourth-order valence-electron chi connectivity index (χ4n) is 3.10. The molecule has 0 radical (unpaired) electrons. The van der Waals surface area contributed by atoms with Crippen LogP contribution in [-0.4, -0.2) is 62.0 Å². The molecule has 0 saturated carbocycles. The molecule has 1 rings (SSSR count). The molecule has 4 heteroatoms. The van der Waals surface area contributed by atoms with E-state index in [9.17, 15) is 0 Å². The summed E-state index contributed by atoms with van der Waals surface area (Å²) >= 11 is 0. The quantitative estimate of drug-likeness (QED) is 0.643. The van der Waals surface area contributed by atoms with Crippen molar-refractivity contribution in [1.29, 1.82) is 0 Å². The lowest BCUT2D eigenvalue weighted by Crippen LogP contribution is -2.47. The molecule has 0 unspecified atom stereocenters. The first-order valence-corrected chi connectivity index (χ1v) is 8.35. The Morgan fingerprint density at radius 3 is 2.35 bits per heavy atom. The molecule has 0 bridgehead atoms. The summed E-state index contributed by atoms with van der Waals surface area (Å²) in [4.78, 5) is 2.60. The first-order chi connectivity index (χ1) is 9.69. The topological polar surface area (TPSA) is 44.7 Å². The molecule has 0 aromatic carbocycles. The number of aliphatic hydroxyl groups is 1. The van der Waals surface area contributed by atoms with Crippen molar-refractivity contribution in [2.75, 3.05) is 45.9 Å². The second-order valence-corrected chi connectivity index (χ2v) is 6.06. The highest BCUT2D eigenvalue weighted by atomic mass is 16.5. The molecule has 1 saturated heterocycles. The van der Waals surface area contributed by atoms with E-state index in [0.717, 1.165) is 39.0 Å². The number of ether oxygens (including phenoxy) is 1. The standard InChI is InChI=1S/C16H34N2O2/c1-4-16(5-2,13-17-6-3)14-18-9-7-15(8-10-18)20-12-11-19/h15,17,19H,4-14H2,1-3H3. The van der Waals surface area contributed by atoms with Crippen molar-refractivity contribution >= 4 is 0 Å². The smallest absolute Gasteiger partial charge is 0.0701 e. The van der Waals surface area contributed by atoms with Gasteiger partial charge in [0, 0.05) is 26.2 Å². The zero-order valence-corrected chi connectivity index (χ0v) is 13.7. The Labute approximate surface area is 124 Å². The van der Waals surface area contributed by atoms with E-state index in [1.54, 1.807) is 0 Å². The summed E-state index contributed by atoms with van der Waals surface area (Å²) in [5.41, 5.74) is 0.412. The van der Waals surface area contributed by atoms with Crippen LogP contribution < -0.4 is 5.32 Å². The van der Waals surface area contributed by atoms with Gasteiger partial charge >= 0.3 is 0 Å². The van der Waals surface area contributed by atoms with E-state index in [2.05, 4.69) is 31.0 Å². The van der Waals surface area contributed by atoms with Crippen LogP contribution in [0.25, 0.3) is 0 Å². The minimum Gasteiger partial charge on any atom is -0.394 e. The third-order valence-electron chi connectivity index (χ3n) is 4.79. The average molecular weight is 286 g/mol. The minimum absolute atomic E-state index is 0.137. The number of likely N-dealkylation sites (tertiary alicyclic amines) is 1. The van der Waals surface area contributed by atoms with Crippen LogP contribution in [0.1, 0.15) is 46.5 Å². The Balaban J connectivity index is 2.39. The van der Waals surface area contributed by atoms with Crippen molar-refractivity contribution in [2.24, 2.45) is 5.41 Å². The maximum atomic E-state index is 8.81. The second-order valence-electron chi connectivity index (χ2n) is 6.06. The number of aliphatic hydroxyl groups excluding tert-OH is 1. The Hall–Kier alpha value is -0.160. The van der Waals surface area contributed by atoms with Crippen LogP contribution in [0.3, 0.4) is 0 Å². The van der Waals surface area contributed by atoms with Crippen LogP contribution in [0.15, 0.2) is 0 Å². The predicted octanol–water partition coefficient (Wildman–Crippen LogP) is 1.88. The molecule has 120 valence electrons. The van der Waals surface area contributed by atoms with Crippen LogP contribution in [0.4, 0.5) is 0 Å². The van der Waals surface area contributed by atoms with Crippen molar-refractivity contribution in [3.05, 3.63) is 0 Å². The molecular formula is C16H34N2O2. The van der Waals surface area contributed by atoms with Gasteiger partial charge in [-0.3, -0.25) is 0 Å². The van der Waals surface area contributed by atoms with Crippen molar-refractivity contribution in [3.63, 3.8) is 0 Å². The van der Waals surface area contributed by atoms with Crippen molar-refractivity contribution < 1.29 is 9.84 Å². The number of nitrogens with zero attached hydrogens (tertiary/aromatic N) is 1. The van der Waals surface area contributed by atoms with E-state index in [1.807, 2.05) is 0 Å². The monoisotopic (exact) mass is 286 g/mol. The molecule has 0 atom stereocenters. The summed E-state index contributed by atoms with van der Waals surface area (Å²) in [7, 11) is 0. The van der Waals surface area contributed by atoms with E-state index in [-0.39, 0.29) is 6.61 Å². The van der Waals surface area contributed by atoms with Gasteiger partial charge in [0.25, 0.3) is 0 Å². The molecule has 0 spiro atoms. The zero-order valence-electron chi connectivity index (χ0n) is 13.7. The highest BCUT2D eigenvalue weighted by Gasteiger charge is 2.30. The SMILES string of the molecule is CCNCC(CC)(CC)CN1CCC(OCCO)CC1. The molecular weight excluding hydrogens is 252 g/mol. The van der Waals surface area contributed by atoms with Gasteiger partial charge in [-0.2, -0.15) is 0 Å². The molecule has 1 aliphatic heterocycles. The summed E-state index contributed by atoms with van der Waals surface area (Å²) in [5.74, 6) is 0. The molecule has 1 fully saturated rings. The number of hydrogen-bond donors (Lipinski definition) is 2. The van der Waals surface area contributed by atoms with Crippen LogP contribution in [0.2, 0.25) is 0 Å². The first kappa shape index (κ1) is 17.9. The number of hydrogen-bond acceptors (Lipinski definition) is 4. The van der Waals surface area contributed by atoms with E-state index in [0.29, 0.717) is 18.1 Å². The molecule has 4 nitrogen and oxygen atoms in total. The highest BCUT2D eigenvalue weighted by Crippen LogP contribution is 2.28. The fraction of sp³-hybridized carbons (Fsp3) is 1.00. The maximum absolute atomic E-state index is 8.81. The van der Waals surface area contributed by atoms with Gasteiger partial charge in [0.05, 0.1) is 19.3 Å². The van der Waals surface area contributed by atoms with E-state index in [4.69, 9.17) is 9.84 Å². The summed E-state index contributed by atoms with van der Waals surface area (Å²) in [5, 5.41) is 12.3. The van der Waals surface area contributed by atoms with E-state index < -0.39 is 0 Å². The molecule has 1 heterocycles. The third-order valence-corrected chi connectivity index (χ3v) is 4.79. The van der Waals surface area contributed by atoms with Crippen LogP contribution in [0.5, 0.6) is 0 Å². The lowest BCUT2D eigenvalue weighted by molar-refractivity contribution is -0.0155. The van der Waals surface area contributed by atoms with Gasteiger partial charge in [-0.25, -0.2) is 0 Å². The summed E-state index contributed by atoms with van der Waals surface area (Å²) in [6, 6.07) is 0. The molecule has 0 aliphatic carbocycles. The van der Waals surface area contributed by atoms with Gasteiger partial charge in [-0.1, -0.05) is 20.8 Å². The first-order valence-electron chi connectivity index (χ1n) is 8.35. The molecule has 0 amide bonds. The third kappa shape index (κ3) is 5.68. The summed E-state index contributed by atoms with van der Waals surface area (Å²) in [6.07, 6.45) is 5.02. The molecule has 0 aromatic rings. The minimum atomic E-state index is 0.137. The molecule has 0 aromatic heterocycles. The fourth-order valence-corrected chi connectivity index (χ4v) is 3.10. The Morgan fingerprint density at radius 1 is 1.20 bits per heavy atom. The molecule has 20 heavy (non-hydrogen) atoms. The van der Waals surface area contributed by atoms with E-state index in [1.165, 1.54) is 19.4 Å². The normalized spacial score (nSPS) is 18.6. The Morgan fingerprint density at radius 2 is 1.85 bits per heavy atom. The number of rotatable bonds is 10. The van der Waals surface area contributed by atoms with E-state index >= 15 is 0 Å². The van der Waals surface area contributed by atoms with Crippen molar-refractivity contribution in [2.45, 2.75) is 52.6 Å². The van der Waals surface area contributed by atoms with Gasteiger partial charge in [0.2, 0.25) is 0 Å². The van der Waals surface area contributed by atoms with Crippen molar-refractivity contribution in [1.82, 2.24) is 10.2 Å². The summed E-state index contributed by atoms with van der Waals surface area (Å²) in [6.45, 7) is 13.1. The van der Waals surface area contributed by atoms with Gasteiger partial charge in [0.1, 0.15) is 0 Å². The largest absolute Gasteiger partial charge is 0.394 e. The summed E-state index contributed by atoms with van der Waals surface area (Å²) < 4.78 is 5.64. The maximum Gasteiger partial charge on any atom is 0.0701 e. The average Bonchev–Trinajstić information content (AvgIpc) is 2.51. The van der Waals surface area contributed by atoms with Gasteiger partial charge in [0.15, 0.2) is 0 Å². The van der Waals surface area contributed by atoms with Crippen LogP contribution in [-0.2, 0) is 4.74 Å².